The summed E-state index contributed by atoms with van der Waals surface area (Å²) in [6.45, 7) is 11.3. The van der Waals surface area contributed by atoms with Gasteiger partial charge >= 0.3 is 0 Å². The number of methoxy groups -OCH3 is 2. The number of carbonyl (C=O) groups is 1. The molecule has 13 heteroatoms. The van der Waals surface area contributed by atoms with E-state index in [2.05, 4.69) is 74.9 Å². The van der Waals surface area contributed by atoms with Gasteiger partial charge in [-0.3, -0.25) is 19.8 Å². The summed E-state index contributed by atoms with van der Waals surface area (Å²) in [6, 6.07) is 22.6. The van der Waals surface area contributed by atoms with Crippen molar-refractivity contribution in [1.29, 1.82) is 0 Å². The number of nitrogens with one attached hydrogen (secondary N) is 2. The maximum atomic E-state index is 14.5. The number of carbonyl (C=O) groups excluding carboxylic acids is 1. The molecule has 2 unspecified atom stereocenters. The van der Waals surface area contributed by atoms with Crippen LogP contribution < -0.4 is 24.6 Å². The van der Waals surface area contributed by atoms with Crippen LogP contribution in [0.3, 0.4) is 0 Å². The van der Waals surface area contributed by atoms with E-state index >= 15 is 0 Å². The smallest absolute Gasteiger partial charge is 0.278 e. The van der Waals surface area contributed by atoms with Crippen molar-refractivity contribution in [2.24, 2.45) is 5.41 Å². The minimum Gasteiger partial charge on any atom is -0.493 e. The summed E-state index contributed by atoms with van der Waals surface area (Å²) in [5.41, 5.74) is 8.26. The van der Waals surface area contributed by atoms with Crippen molar-refractivity contribution >= 4 is 33.6 Å². The fourth-order valence-electron chi connectivity index (χ4n) is 9.86. The van der Waals surface area contributed by atoms with Crippen molar-refractivity contribution in [3.05, 3.63) is 107 Å². The van der Waals surface area contributed by atoms with Gasteiger partial charge in [-0.2, -0.15) is 4.98 Å². The van der Waals surface area contributed by atoms with E-state index in [-0.39, 0.29) is 33.7 Å². The van der Waals surface area contributed by atoms with Crippen LogP contribution in [-0.4, -0.2) is 90.4 Å². The molecule has 6 heterocycles. The maximum absolute atomic E-state index is 14.5. The Hall–Kier alpha value is -5.63. The molecule has 308 valence electrons. The highest BCUT2D eigenvalue weighted by atomic mass is 19.1. The number of fused-ring (bicyclic) bond motifs is 2. The molecule has 3 aromatic carbocycles. The van der Waals surface area contributed by atoms with Gasteiger partial charge in [-0.25, -0.2) is 9.87 Å². The first-order valence-corrected chi connectivity index (χ1v) is 20.5. The summed E-state index contributed by atoms with van der Waals surface area (Å²) in [6.07, 6.45) is 6.16. The Kier molecular flexibility index (Phi) is 10.4. The number of likely N-dealkylation sites (tertiary alicyclic amines) is 2. The van der Waals surface area contributed by atoms with E-state index in [1.165, 1.54) is 36.1 Å². The Morgan fingerprint density at radius 3 is 2.58 bits per heavy atom. The lowest BCUT2D eigenvalue weighted by atomic mass is 9.69. The molecule has 3 aliphatic heterocycles. The van der Waals surface area contributed by atoms with Crippen LogP contribution in [0.4, 0.5) is 10.1 Å². The summed E-state index contributed by atoms with van der Waals surface area (Å²) in [5, 5.41) is 10.9. The first-order valence-electron chi connectivity index (χ1n) is 20.5. The van der Waals surface area contributed by atoms with Crippen molar-refractivity contribution < 1.29 is 33.0 Å². The number of amides is 1. The average molecular weight is 803 g/mol. The molecule has 0 bridgehead atoms. The van der Waals surface area contributed by atoms with Crippen LogP contribution in [0.5, 0.6) is 23.1 Å². The van der Waals surface area contributed by atoms with Gasteiger partial charge in [0.1, 0.15) is 17.2 Å². The molecule has 6 aromatic rings. The normalized spacial score (nSPS) is 19.7. The number of nitrogens with zero attached hydrogens (tertiary/aromatic N) is 4. The number of hydrogen-bond donors (Lipinski definition) is 3. The SMILES string of the molecule is COc1nc2[nH]cc(F)c2cc1Oc1cc(N2CCC3(CC2)CN(C2CCN(Cc4ccc(OC)c5occc45)CC2c2ccccc2C(C)C)C3)ccc1C(=O)NO. The summed E-state index contributed by atoms with van der Waals surface area (Å²) in [4.78, 5) is 27.5. The van der Waals surface area contributed by atoms with Gasteiger partial charge in [-0.05, 0) is 71.6 Å². The molecular weight excluding hydrogens is 752 g/mol. The number of anilines is 1. The van der Waals surface area contributed by atoms with Crippen molar-refractivity contribution in [2.75, 3.05) is 58.4 Å². The van der Waals surface area contributed by atoms with E-state index in [1.807, 2.05) is 12.1 Å². The van der Waals surface area contributed by atoms with Gasteiger partial charge in [0.05, 0.1) is 31.4 Å². The number of halogens is 1. The van der Waals surface area contributed by atoms with E-state index in [1.54, 1.807) is 31.0 Å². The quantitative estimate of drug-likeness (QED) is 0.0868. The van der Waals surface area contributed by atoms with Crippen molar-refractivity contribution in [3.63, 3.8) is 0 Å². The zero-order valence-corrected chi connectivity index (χ0v) is 34.0. The van der Waals surface area contributed by atoms with Crippen LogP contribution in [-0.2, 0) is 6.54 Å². The molecule has 0 saturated carbocycles. The lowest BCUT2D eigenvalue weighted by Crippen LogP contribution is -2.65. The number of rotatable bonds is 11. The Labute approximate surface area is 342 Å². The van der Waals surface area contributed by atoms with Crippen LogP contribution in [0.2, 0.25) is 0 Å². The number of H-pyrrole nitrogens is 1. The Morgan fingerprint density at radius 1 is 1.00 bits per heavy atom. The second-order valence-corrected chi connectivity index (χ2v) is 16.7. The van der Waals surface area contributed by atoms with Gasteiger partial charge in [0.25, 0.3) is 11.8 Å². The molecule has 59 heavy (non-hydrogen) atoms. The molecule has 3 aromatic heterocycles. The minimum atomic E-state index is -0.726. The fourth-order valence-corrected chi connectivity index (χ4v) is 9.86. The maximum Gasteiger partial charge on any atom is 0.278 e. The van der Waals surface area contributed by atoms with E-state index in [4.69, 9.17) is 18.6 Å². The number of piperidine rings is 2. The predicted octanol–water partition coefficient (Wildman–Crippen LogP) is 8.46. The molecule has 3 N–H and O–H groups in total. The highest BCUT2D eigenvalue weighted by Gasteiger charge is 2.49. The molecule has 1 spiro atoms. The van der Waals surface area contributed by atoms with Crippen molar-refractivity contribution in [1.82, 2.24) is 25.2 Å². The van der Waals surface area contributed by atoms with Crippen molar-refractivity contribution in [2.45, 2.75) is 57.5 Å². The number of ether oxygens (including phenoxy) is 3. The van der Waals surface area contributed by atoms with E-state index < -0.39 is 11.7 Å². The molecule has 0 radical (unpaired) electrons. The van der Waals surface area contributed by atoms with Gasteiger partial charge in [0.15, 0.2) is 17.1 Å². The van der Waals surface area contributed by atoms with Gasteiger partial charge in [-0.1, -0.05) is 44.2 Å². The molecular formula is C46H51FN6O6. The van der Waals surface area contributed by atoms with Crippen LogP contribution in [0.1, 0.15) is 72.0 Å². The molecule has 0 aliphatic carbocycles. The highest BCUT2D eigenvalue weighted by Crippen LogP contribution is 2.47. The second-order valence-electron chi connectivity index (χ2n) is 16.7. The van der Waals surface area contributed by atoms with Crippen LogP contribution in [0.25, 0.3) is 22.0 Å². The van der Waals surface area contributed by atoms with E-state index in [0.29, 0.717) is 23.5 Å². The molecule has 3 fully saturated rings. The van der Waals surface area contributed by atoms with Gasteiger partial charge < -0.3 is 28.5 Å². The highest BCUT2D eigenvalue weighted by molar-refractivity contribution is 5.97. The fraction of sp³-hybridized carbons (Fsp3) is 0.391. The Bertz CT molecular complexity index is 2480. The molecule has 3 aliphatic rings. The third-order valence-corrected chi connectivity index (χ3v) is 13.0. The topological polar surface area (TPSA) is 129 Å². The number of furan rings is 1. The minimum absolute atomic E-state index is 0.120. The number of hydrogen-bond acceptors (Lipinski definition) is 10. The molecule has 12 nitrogen and oxygen atoms in total. The third kappa shape index (κ3) is 7.25. The predicted molar refractivity (Wildman–Crippen MR) is 224 cm³/mol. The number of benzene rings is 3. The van der Waals surface area contributed by atoms with Crippen LogP contribution in [0.15, 0.2) is 83.6 Å². The van der Waals surface area contributed by atoms with E-state index in [9.17, 15) is 14.4 Å². The van der Waals surface area contributed by atoms with Gasteiger partial charge in [0.2, 0.25) is 0 Å². The lowest BCUT2D eigenvalue weighted by Gasteiger charge is -2.59. The summed E-state index contributed by atoms with van der Waals surface area (Å²) in [7, 11) is 3.13. The lowest BCUT2D eigenvalue weighted by molar-refractivity contribution is -0.0686. The molecule has 3 saturated heterocycles. The number of aromatic nitrogens is 2. The Morgan fingerprint density at radius 2 is 1.81 bits per heavy atom. The van der Waals surface area contributed by atoms with Crippen LogP contribution >= 0.6 is 0 Å². The molecule has 1 amide bonds. The number of pyridine rings is 1. The zero-order chi connectivity index (χ0) is 40.8. The largest absolute Gasteiger partial charge is 0.493 e. The van der Waals surface area contributed by atoms with Gasteiger partial charge in [0, 0.05) is 87.2 Å². The van der Waals surface area contributed by atoms with Crippen molar-refractivity contribution in [3.8, 4) is 23.1 Å². The Balaban J connectivity index is 0.905. The average Bonchev–Trinajstić information content (AvgIpc) is 3.89. The summed E-state index contributed by atoms with van der Waals surface area (Å²) >= 11 is 0. The van der Waals surface area contributed by atoms with Crippen LogP contribution in [0, 0.1) is 11.2 Å². The first-order chi connectivity index (χ1) is 28.7. The molecule has 2 atom stereocenters. The second kappa shape index (κ2) is 15.9. The van der Waals surface area contributed by atoms with Gasteiger partial charge in [-0.15, -0.1) is 0 Å². The first kappa shape index (κ1) is 38.9. The van der Waals surface area contributed by atoms with E-state index in [0.717, 1.165) is 87.5 Å². The summed E-state index contributed by atoms with van der Waals surface area (Å²) < 4.78 is 37.6. The summed E-state index contributed by atoms with van der Waals surface area (Å²) in [5.74, 6) is 0.834. The number of hydroxylamine groups is 1. The number of aromatic amines is 1. The zero-order valence-electron chi connectivity index (χ0n) is 34.0. The molecule has 9 rings (SSSR count). The third-order valence-electron chi connectivity index (χ3n) is 13.0. The standard InChI is InChI=1S/C46H51FN6O6/c1-28(2)31-7-5-6-8-33(31)36-25-51(24-29-9-12-39(56-3)42-32(29)14-20-58-42)17-13-38(36)53-26-46(27-53)15-18-52(19-16-46)30-10-11-34(44(54)50-55)40(21-30)59-41-22-35-37(47)23-48-43(35)49-45(41)57-4/h5-12,14,20-23,28,36,38,55H,13,15-19,24-27H2,1-4H3,(H,48,49)(H,50,54). The monoisotopic (exact) mass is 802 g/mol.